The van der Waals surface area contributed by atoms with Crippen LogP contribution in [0.2, 0.25) is 0 Å². The Kier molecular flexibility index (Phi) is 4.66. The van der Waals surface area contributed by atoms with Crippen LogP contribution >= 0.6 is 0 Å². The van der Waals surface area contributed by atoms with E-state index in [1.54, 1.807) is 19.1 Å². The molecule has 0 atom stereocenters. The SMILES string of the molecule is CCC(=O)Nc1ccc(OCc2ccccc2)c2c1OCCO2. The molecule has 5 nitrogen and oxygen atoms in total. The van der Waals surface area contributed by atoms with E-state index in [4.69, 9.17) is 14.2 Å². The monoisotopic (exact) mass is 313 g/mol. The number of hydrogen-bond donors (Lipinski definition) is 1. The molecule has 0 unspecified atom stereocenters. The van der Waals surface area contributed by atoms with Gasteiger partial charge in [-0.15, -0.1) is 0 Å². The summed E-state index contributed by atoms with van der Waals surface area (Å²) in [5.41, 5.74) is 1.68. The number of carbonyl (C=O) groups excluding carboxylic acids is 1. The van der Waals surface area contributed by atoms with Crippen molar-refractivity contribution in [2.45, 2.75) is 20.0 Å². The third kappa shape index (κ3) is 3.56. The van der Waals surface area contributed by atoms with Crippen molar-refractivity contribution in [1.82, 2.24) is 0 Å². The lowest BCUT2D eigenvalue weighted by atomic mass is 10.2. The first-order valence-electron chi connectivity index (χ1n) is 7.67. The average Bonchev–Trinajstić information content (AvgIpc) is 2.62. The Labute approximate surface area is 135 Å². The van der Waals surface area contributed by atoms with Gasteiger partial charge in [-0.1, -0.05) is 37.3 Å². The van der Waals surface area contributed by atoms with E-state index >= 15 is 0 Å². The molecule has 120 valence electrons. The number of fused-ring (bicyclic) bond motifs is 1. The molecule has 2 aromatic carbocycles. The van der Waals surface area contributed by atoms with Crippen LogP contribution in [0.5, 0.6) is 17.2 Å². The molecule has 5 heteroatoms. The van der Waals surface area contributed by atoms with E-state index in [9.17, 15) is 4.79 Å². The van der Waals surface area contributed by atoms with Crippen LogP contribution in [-0.4, -0.2) is 19.1 Å². The third-order valence-electron chi connectivity index (χ3n) is 3.48. The highest BCUT2D eigenvalue weighted by atomic mass is 16.6. The van der Waals surface area contributed by atoms with E-state index in [2.05, 4.69) is 5.32 Å². The molecular formula is C18H19NO4. The zero-order valence-electron chi connectivity index (χ0n) is 13.0. The Morgan fingerprint density at radius 3 is 2.57 bits per heavy atom. The van der Waals surface area contributed by atoms with Gasteiger partial charge in [-0.25, -0.2) is 0 Å². The molecule has 0 saturated heterocycles. The number of carbonyl (C=O) groups is 1. The summed E-state index contributed by atoms with van der Waals surface area (Å²) in [6, 6.07) is 13.5. The van der Waals surface area contributed by atoms with Gasteiger partial charge in [-0.05, 0) is 17.7 Å². The van der Waals surface area contributed by atoms with Gasteiger partial charge in [-0.3, -0.25) is 4.79 Å². The average molecular weight is 313 g/mol. The molecule has 1 amide bonds. The van der Waals surface area contributed by atoms with E-state index < -0.39 is 0 Å². The van der Waals surface area contributed by atoms with Crippen LogP contribution in [0.25, 0.3) is 0 Å². The predicted molar refractivity (Wildman–Crippen MR) is 87.1 cm³/mol. The molecule has 0 saturated carbocycles. The molecular weight excluding hydrogens is 294 g/mol. The fraction of sp³-hybridized carbons (Fsp3) is 0.278. The van der Waals surface area contributed by atoms with Crippen LogP contribution in [0.3, 0.4) is 0 Å². The highest BCUT2D eigenvalue weighted by molar-refractivity contribution is 5.93. The van der Waals surface area contributed by atoms with E-state index in [-0.39, 0.29) is 5.91 Å². The maximum atomic E-state index is 11.6. The van der Waals surface area contributed by atoms with Crippen LogP contribution in [0.1, 0.15) is 18.9 Å². The van der Waals surface area contributed by atoms with Crippen molar-refractivity contribution < 1.29 is 19.0 Å². The largest absolute Gasteiger partial charge is 0.485 e. The maximum Gasteiger partial charge on any atom is 0.224 e. The lowest BCUT2D eigenvalue weighted by Crippen LogP contribution is -2.19. The molecule has 0 fully saturated rings. The fourth-order valence-electron chi connectivity index (χ4n) is 2.30. The zero-order chi connectivity index (χ0) is 16.1. The summed E-state index contributed by atoms with van der Waals surface area (Å²) in [5, 5.41) is 2.82. The van der Waals surface area contributed by atoms with Gasteiger partial charge < -0.3 is 19.5 Å². The van der Waals surface area contributed by atoms with Gasteiger partial charge >= 0.3 is 0 Å². The first-order chi connectivity index (χ1) is 11.3. The molecule has 0 radical (unpaired) electrons. The van der Waals surface area contributed by atoms with Crippen molar-refractivity contribution in [3.8, 4) is 17.2 Å². The van der Waals surface area contributed by atoms with Crippen molar-refractivity contribution in [3.63, 3.8) is 0 Å². The van der Waals surface area contributed by atoms with Gasteiger partial charge in [0.05, 0.1) is 5.69 Å². The number of amides is 1. The Hall–Kier alpha value is -2.69. The number of nitrogens with one attached hydrogen (secondary N) is 1. The second-order valence-electron chi connectivity index (χ2n) is 5.14. The quantitative estimate of drug-likeness (QED) is 0.919. The Morgan fingerprint density at radius 1 is 1.09 bits per heavy atom. The first kappa shape index (κ1) is 15.2. The Balaban J connectivity index is 1.82. The molecule has 0 aromatic heterocycles. The minimum Gasteiger partial charge on any atom is -0.485 e. The topological polar surface area (TPSA) is 56.8 Å². The summed E-state index contributed by atoms with van der Waals surface area (Å²) in [7, 11) is 0. The van der Waals surface area contributed by atoms with E-state index in [0.29, 0.717) is 49.2 Å². The van der Waals surface area contributed by atoms with Gasteiger partial charge in [0.25, 0.3) is 0 Å². The number of hydrogen-bond acceptors (Lipinski definition) is 4. The van der Waals surface area contributed by atoms with Crippen LogP contribution in [0.15, 0.2) is 42.5 Å². The summed E-state index contributed by atoms with van der Waals surface area (Å²) in [5.74, 6) is 1.61. The zero-order valence-corrected chi connectivity index (χ0v) is 13.0. The molecule has 0 bridgehead atoms. The molecule has 1 aliphatic heterocycles. The summed E-state index contributed by atoms with van der Waals surface area (Å²) >= 11 is 0. The van der Waals surface area contributed by atoms with Crippen molar-refractivity contribution >= 4 is 11.6 Å². The summed E-state index contributed by atoms with van der Waals surface area (Å²) in [6.45, 7) is 3.15. The molecule has 1 N–H and O–H groups in total. The second kappa shape index (κ2) is 7.05. The van der Waals surface area contributed by atoms with Gasteiger partial charge in [0, 0.05) is 6.42 Å². The summed E-state index contributed by atoms with van der Waals surface area (Å²) in [4.78, 5) is 11.6. The summed E-state index contributed by atoms with van der Waals surface area (Å²) < 4.78 is 17.2. The smallest absolute Gasteiger partial charge is 0.224 e. The Bertz CT molecular complexity index is 685. The van der Waals surface area contributed by atoms with E-state index in [0.717, 1.165) is 5.56 Å². The number of ether oxygens (including phenoxy) is 3. The molecule has 1 aliphatic rings. The van der Waals surface area contributed by atoms with Crippen molar-refractivity contribution in [1.29, 1.82) is 0 Å². The van der Waals surface area contributed by atoms with Crippen molar-refractivity contribution in [3.05, 3.63) is 48.0 Å². The lowest BCUT2D eigenvalue weighted by Gasteiger charge is -2.23. The number of anilines is 1. The van der Waals surface area contributed by atoms with Crippen molar-refractivity contribution in [2.75, 3.05) is 18.5 Å². The summed E-state index contributed by atoms with van der Waals surface area (Å²) in [6.07, 6.45) is 0.405. The molecule has 1 heterocycles. The molecule has 3 rings (SSSR count). The van der Waals surface area contributed by atoms with Crippen LogP contribution < -0.4 is 19.5 Å². The van der Waals surface area contributed by atoms with Gasteiger partial charge in [0.15, 0.2) is 11.5 Å². The van der Waals surface area contributed by atoms with Gasteiger partial charge in [0.2, 0.25) is 11.7 Å². The number of rotatable bonds is 5. The van der Waals surface area contributed by atoms with Crippen molar-refractivity contribution in [2.24, 2.45) is 0 Å². The second-order valence-corrected chi connectivity index (χ2v) is 5.14. The fourth-order valence-corrected chi connectivity index (χ4v) is 2.30. The molecule has 23 heavy (non-hydrogen) atoms. The van der Waals surface area contributed by atoms with Crippen LogP contribution in [0.4, 0.5) is 5.69 Å². The van der Waals surface area contributed by atoms with Crippen LogP contribution in [-0.2, 0) is 11.4 Å². The highest BCUT2D eigenvalue weighted by Gasteiger charge is 2.22. The first-order valence-corrected chi connectivity index (χ1v) is 7.67. The minimum absolute atomic E-state index is 0.0701. The maximum absolute atomic E-state index is 11.6. The Morgan fingerprint density at radius 2 is 1.83 bits per heavy atom. The van der Waals surface area contributed by atoms with Crippen LogP contribution in [0, 0.1) is 0 Å². The highest BCUT2D eigenvalue weighted by Crippen LogP contribution is 2.45. The minimum atomic E-state index is -0.0701. The van der Waals surface area contributed by atoms with Gasteiger partial charge in [-0.2, -0.15) is 0 Å². The standard InChI is InChI=1S/C18H19NO4/c1-2-16(20)19-14-8-9-15(18-17(14)21-10-11-22-18)23-12-13-6-4-3-5-7-13/h3-9H,2,10-12H2,1H3,(H,19,20). The van der Waals surface area contributed by atoms with E-state index in [1.165, 1.54) is 0 Å². The normalized spacial score (nSPS) is 12.6. The molecule has 0 spiro atoms. The predicted octanol–water partition coefficient (Wildman–Crippen LogP) is 3.39. The van der Waals surface area contributed by atoms with Gasteiger partial charge in [0.1, 0.15) is 19.8 Å². The number of benzene rings is 2. The molecule has 2 aromatic rings. The molecule has 0 aliphatic carbocycles. The van der Waals surface area contributed by atoms with E-state index in [1.807, 2.05) is 30.3 Å². The lowest BCUT2D eigenvalue weighted by molar-refractivity contribution is -0.115. The third-order valence-corrected chi connectivity index (χ3v) is 3.48.